The Kier molecular flexibility index (Phi) is 2.28. The summed E-state index contributed by atoms with van der Waals surface area (Å²) in [5.41, 5.74) is -0.868. The average molecular weight is 251 g/mol. The van der Waals surface area contributed by atoms with Crippen LogP contribution >= 0.6 is 0 Å². The van der Waals surface area contributed by atoms with Crippen LogP contribution in [0, 0.1) is 5.82 Å². The van der Waals surface area contributed by atoms with Gasteiger partial charge in [-0.15, -0.1) is 0 Å². The second-order valence-corrected chi connectivity index (χ2v) is 4.41. The van der Waals surface area contributed by atoms with Crippen molar-refractivity contribution in [3.05, 3.63) is 17.4 Å². The van der Waals surface area contributed by atoms with E-state index >= 15 is 0 Å². The zero-order valence-corrected chi connectivity index (χ0v) is 9.40. The molecule has 0 radical (unpaired) electrons. The lowest BCUT2D eigenvalue weighted by Gasteiger charge is -2.37. The maximum Gasteiger partial charge on any atom is 0.235 e. The topological polar surface area (TPSA) is 68.1 Å². The Morgan fingerprint density at radius 3 is 2.83 bits per heavy atom. The summed E-state index contributed by atoms with van der Waals surface area (Å²) in [4.78, 5) is 14.3. The Bertz CT molecular complexity index is 562. The summed E-state index contributed by atoms with van der Waals surface area (Å²) in [7, 11) is 0. The molecule has 18 heavy (non-hydrogen) atoms. The van der Waals surface area contributed by atoms with Crippen molar-refractivity contribution in [3.8, 4) is 17.2 Å². The van der Waals surface area contributed by atoms with Crippen LogP contribution in [-0.4, -0.2) is 18.0 Å². The zero-order valence-electron chi connectivity index (χ0n) is 9.40. The fraction of sp³-hybridized carbons (Fsp3) is 0.417. The van der Waals surface area contributed by atoms with Gasteiger partial charge >= 0.3 is 0 Å². The van der Waals surface area contributed by atoms with E-state index in [-0.39, 0.29) is 23.9 Å². The number of aliphatic imine (C=N–C) groups is 1. The molecular formula is C12H10FNO4. The van der Waals surface area contributed by atoms with E-state index in [9.17, 15) is 14.3 Å². The first-order valence-electron chi connectivity index (χ1n) is 5.58. The van der Waals surface area contributed by atoms with Crippen LogP contribution in [0.2, 0.25) is 0 Å². The molecule has 5 nitrogen and oxygen atoms in total. The van der Waals surface area contributed by atoms with E-state index in [0.717, 1.165) is 12.5 Å². The summed E-state index contributed by atoms with van der Waals surface area (Å²) in [5, 5.41) is 9.56. The minimum atomic E-state index is -0.970. The molecule has 0 atom stereocenters. The van der Waals surface area contributed by atoms with Gasteiger partial charge in [-0.3, -0.25) is 0 Å². The second-order valence-electron chi connectivity index (χ2n) is 4.41. The molecule has 1 aromatic carbocycles. The molecule has 0 aromatic heterocycles. The number of benzene rings is 1. The molecule has 6 heteroatoms. The van der Waals surface area contributed by atoms with Crippen LogP contribution in [0.25, 0.3) is 0 Å². The molecule has 2 aliphatic rings. The molecule has 0 amide bonds. The lowest BCUT2D eigenvalue weighted by molar-refractivity contribution is 0.168. The van der Waals surface area contributed by atoms with Crippen LogP contribution in [0.5, 0.6) is 17.2 Å². The van der Waals surface area contributed by atoms with E-state index in [4.69, 9.17) is 9.47 Å². The Hall–Kier alpha value is -2.07. The number of fused-ring (bicyclic) bond motifs is 1. The van der Waals surface area contributed by atoms with Crippen molar-refractivity contribution < 1.29 is 23.8 Å². The first-order valence-corrected chi connectivity index (χ1v) is 5.58. The summed E-state index contributed by atoms with van der Waals surface area (Å²) < 4.78 is 24.5. The molecule has 1 heterocycles. The predicted octanol–water partition coefficient (Wildman–Crippen LogP) is 1.97. The highest BCUT2D eigenvalue weighted by Crippen LogP contribution is 2.54. The number of carbonyl (C=O) groups excluding carboxylic acids is 1. The van der Waals surface area contributed by atoms with E-state index in [1.165, 1.54) is 6.08 Å². The van der Waals surface area contributed by atoms with Gasteiger partial charge in [-0.05, 0) is 19.3 Å². The zero-order chi connectivity index (χ0) is 12.8. The molecule has 0 spiro atoms. The number of aromatic hydroxyl groups is 1. The number of phenolic OH excluding ortho intramolecular Hbond substituents is 1. The van der Waals surface area contributed by atoms with Gasteiger partial charge in [-0.1, -0.05) is 0 Å². The van der Waals surface area contributed by atoms with Gasteiger partial charge in [-0.2, -0.15) is 4.99 Å². The Morgan fingerprint density at radius 2 is 2.22 bits per heavy atom. The fourth-order valence-electron chi connectivity index (χ4n) is 2.44. The minimum absolute atomic E-state index is 0.0356. The molecule has 1 N–H and O–H groups in total. The Morgan fingerprint density at radius 1 is 1.44 bits per heavy atom. The maximum atomic E-state index is 14.1. The standard InChI is InChI=1S/C12H10FNO4/c13-10-7(16)4-8-11(18-6-17-8)9(10)12(14-5-15)2-1-3-12/h4,16H,1-3,6H2. The van der Waals surface area contributed by atoms with Gasteiger partial charge in [0, 0.05) is 6.07 Å². The molecule has 1 aliphatic heterocycles. The SMILES string of the molecule is O=C=NC1(c2c(F)c(O)cc3c2OCO3)CCC1. The van der Waals surface area contributed by atoms with Gasteiger partial charge in [0.25, 0.3) is 0 Å². The fourth-order valence-corrected chi connectivity index (χ4v) is 2.44. The van der Waals surface area contributed by atoms with E-state index in [0.29, 0.717) is 12.8 Å². The average Bonchev–Trinajstić information content (AvgIpc) is 2.74. The summed E-state index contributed by atoms with van der Waals surface area (Å²) in [6.07, 6.45) is 3.36. The third kappa shape index (κ3) is 1.32. The van der Waals surface area contributed by atoms with Gasteiger partial charge in [0.1, 0.15) is 5.54 Å². The summed E-state index contributed by atoms with van der Waals surface area (Å²) in [5.74, 6) is -0.833. The number of hydrogen-bond acceptors (Lipinski definition) is 5. The molecular weight excluding hydrogens is 241 g/mol. The highest BCUT2D eigenvalue weighted by Gasteiger charge is 2.46. The van der Waals surface area contributed by atoms with Crippen molar-refractivity contribution in [1.82, 2.24) is 0 Å². The molecule has 1 aliphatic carbocycles. The van der Waals surface area contributed by atoms with Crippen LogP contribution in [-0.2, 0) is 10.3 Å². The van der Waals surface area contributed by atoms with Gasteiger partial charge in [0.2, 0.25) is 12.9 Å². The summed E-state index contributed by atoms with van der Waals surface area (Å²) in [6, 6.07) is 1.16. The molecule has 0 bridgehead atoms. The number of phenols is 1. The quantitative estimate of drug-likeness (QED) is 0.644. The number of hydrogen-bond donors (Lipinski definition) is 1. The van der Waals surface area contributed by atoms with Crippen molar-refractivity contribution in [2.24, 2.45) is 4.99 Å². The van der Waals surface area contributed by atoms with Crippen molar-refractivity contribution in [2.45, 2.75) is 24.8 Å². The second kappa shape index (κ2) is 3.71. The van der Waals surface area contributed by atoms with E-state index in [1.54, 1.807) is 0 Å². The number of halogens is 1. The van der Waals surface area contributed by atoms with E-state index in [1.807, 2.05) is 0 Å². The number of rotatable bonds is 2. The first-order chi connectivity index (χ1) is 8.68. The largest absolute Gasteiger partial charge is 0.505 e. The molecule has 1 saturated carbocycles. The Labute approximate surface area is 102 Å². The van der Waals surface area contributed by atoms with E-state index in [2.05, 4.69) is 4.99 Å². The van der Waals surface area contributed by atoms with Gasteiger partial charge in [-0.25, -0.2) is 9.18 Å². The number of nitrogens with zero attached hydrogens (tertiary/aromatic N) is 1. The van der Waals surface area contributed by atoms with Gasteiger partial charge in [0.15, 0.2) is 23.1 Å². The third-order valence-electron chi connectivity index (χ3n) is 3.49. The molecule has 94 valence electrons. The number of isocyanates is 1. The third-order valence-corrected chi connectivity index (χ3v) is 3.49. The molecule has 1 aromatic rings. The molecule has 0 saturated heterocycles. The summed E-state index contributed by atoms with van der Waals surface area (Å²) in [6.45, 7) is -0.0356. The van der Waals surface area contributed by atoms with Crippen LogP contribution in [0.3, 0.4) is 0 Å². The van der Waals surface area contributed by atoms with Crippen LogP contribution < -0.4 is 9.47 Å². The van der Waals surface area contributed by atoms with Crippen molar-refractivity contribution in [2.75, 3.05) is 6.79 Å². The highest BCUT2D eigenvalue weighted by molar-refractivity contribution is 5.58. The highest BCUT2D eigenvalue weighted by atomic mass is 19.1. The van der Waals surface area contributed by atoms with Crippen molar-refractivity contribution in [1.29, 1.82) is 0 Å². The summed E-state index contributed by atoms with van der Waals surface area (Å²) >= 11 is 0. The monoisotopic (exact) mass is 251 g/mol. The van der Waals surface area contributed by atoms with Crippen LogP contribution in [0.1, 0.15) is 24.8 Å². The van der Waals surface area contributed by atoms with E-state index < -0.39 is 17.1 Å². The lowest BCUT2D eigenvalue weighted by atomic mass is 9.71. The van der Waals surface area contributed by atoms with Gasteiger partial charge in [0.05, 0.1) is 5.56 Å². The first kappa shape index (κ1) is 11.0. The smallest absolute Gasteiger partial charge is 0.235 e. The molecule has 0 unspecified atom stereocenters. The van der Waals surface area contributed by atoms with Crippen molar-refractivity contribution >= 4 is 6.08 Å². The molecule has 3 rings (SSSR count). The maximum absolute atomic E-state index is 14.1. The molecule has 1 fully saturated rings. The van der Waals surface area contributed by atoms with Crippen LogP contribution in [0.4, 0.5) is 4.39 Å². The van der Waals surface area contributed by atoms with Crippen molar-refractivity contribution in [3.63, 3.8) is 0 Å². The van der Waals surface area contributed by atoms with Crippen LogP contribution in [0.15, 0.2) is 11.1 Å². The predicted molar refractivity (Wildman–Crippen MR) is 57.8 cm³/mol. The number of ether oxygens (including phenoxy) is 2. The van der Waals surface area contributed by atoms with Gasteiger partial charge < -0.3 is 14.6 Å². The minimum Gasteiger partial charge on any atom is -0.505 e. The lowest BCUT2D eigenvalue weighted by Crippen LogP contribution is -2.33. The normalized spacial score (nSPS) is 18.9. The Balaban J connectivity index is 2.25.